The van der Waals surface area contributed by atoms with Crippen molar-refractivity contribution in [2.75, 3.05) is 32.8 Å². The van der Waals surface area contributed by atoms with Gasteiger partial charge in [-0.25, -0.2) is 9.37 Å². The lowest BCUT2D eigenvalue weighted by molar-refractivity contribution is -0.104. The number of nitrogens with zero attached hydrogens (tertiary/aromatic N) is 3. The fourth-order valence-corrected chi connectivity index (χ4v) is 6.29. The summed E-state index contributed by atoms with van der Waals surface area (Å²) in [6.07, 6.45) is 4.80. The summed E-state index contributed by atoms with van der Waals surface area (Å²) in [5.41, 5.74) is 5.92. The molecule has 6 rings (SSSR count). The summed E-state index contributed by atoms with van der Waals surface area (Å²) in [6, 6.07) is 29.5. The molecule has 1 aromatic heterocycles. The summed E-state index contributed by atoms with van der Waals surface area (Å²) in [4.78, 5) is 20.8. The number of aryl methyl sites for hydroxylation is 1. The number of allylic oxidation sites excluding steroid dienone is 1. The largest absolute Gasteiger partial charge is 0.493 e. The highest BCUT2D eigenvalue weighted by atomic mass is 35.5. The van der Waals surface area contributed by atoms with E-state index in [1.54, 1.807) is 36.5 Å². The van der Waals surface area contributed by atoms with Gasteiger partial charge in [0.15, 0.2) is 5.75 Å². The summed E-state index contributed by atoms with van der Waals surface area (Å²) >= 11 is 12.7. The molecular formula is C41H39Cl3FN3O4. The second-order valence-electron chi connectivity index (χ2n) is 12.3. The van der Waals surface area contributed by atoms with E-state index < -0.39 is 0 Å². The van der Waals surface area contributed by atoms with Gasteiger partial charge in [-0.2, -0.15) is 0 Å². The monoisotopic (exact) mass is 761 g/mol. The van der Waals surface area contributed by atoms with Gasteiger partial charge in [0.05, 0.1) is 17.8 Å². The molecule has 1 aliphatic heterocycles. The average molecular weight is 763 g/mol. The molecule has 0 spiro atoms. The van der Waals surface area contributed by atoms with E-state index in [1.165, 1.54) is 23.3 Å². The second-order valence-corrected chi connectivity index (χ2v) is 13.1. The zero-order valence-corrected chi connectivity index (χ0v) is 31.0. The van der Waals surface area contributed by atoms with E-state index in [-0.39, 0.29) is 18.2 Å². The van der Waals surface area contributed by atoms with Gasteiger partial charge < -0.3 is 19.1 Å². The molecule has 11 heteroatoms. The quantitative estimate of drug-likeness (QED) is 0.0825. The lowest BCUT2D eigenvalue weighted by atomic mass is 10.1. The first-order valence-corrected chi connectivity index (χ1v) is 17.5. The Morgan fingerprint density at radius 3 is 2.15 bits per heavy atom. The molecule has 0 bridgehead atoms. The van der Waals surface area contributed by atoms with Gasteiger partial charge in [0.2, 0.25) is 5.88 Å². The number of ether oxygens (including phenoxy) is 3. The molecule has 0 aliphatic carbocycles. The predicted molar refractivity (Wildman–Crippen MR) is 206 cm³/mol. The van der Waals surface area contributed by atoms with Gasteiger partial charge in [0.1, 0.15) is 30.2 Å². The lowest BCUT2D eigenvalue weighted by Crippen LogP contribution is -2.45. The molecular weight excluding hydrogens is 724 g/mol. The summed E-state index contributed by atoms with van der Waals surface area (Å²) in [5.74, 6) is 1.89. The minimum atomic E-state index is -0.274. The summed E-state index contributed by atoms with van der Waals surface area (Å²) < 4.78 is 30.8. The molecule has 52 heavy (non-hydrogen) atoms. The van der Waals surface area contributed by atoms with Crippen LogP contribution in [0.5, 0.6) is 23.1 Å². The van der Waals surface area contributed by atoms with Crippen LogP contribution < -0.4 is 14.2 Å². The number of carbonyl (C=O) groups excluding carboxylic acids is 1. The first kappa shape index (κ1) is 38.6. The minimum absolute atomic E-state index is 0. The standard InChI is InChI=1S/C41H38Cl2FN3O4.ClH/c1-29-24-33(25-38(43)41(29)51-40-15-14-37(26-45-40)50-28-32-6-8-34(42)9-7-32)39(16-22-48)47-20-18-46(19-21-47)27-31-4-2-30(3-5-31)17-23-49-36-12-10-35(44)11-13-36;/h2-16,22,24-26H,17-21,23,27-28H2,1H3;1H/b39-16+;. The zero-order chi connectivity index (χ0) is 35.6. The van der Waals surface area contributed by atoms with Gasteiger partial charge in [0, 0.05) is 62.0 Å². The molecule has 4 aromatic carbocycles. The van der Waals surface area contributed by atoms with Gasteiger partial charge >= 0.3 is 0 Å². The van der Waals surface area contributed by atoms with Gasteiger partial charge in [0.25, 0.3) is 0 Å². The van der Waals surface area contributed by atoms with E-state index in [1.807, 2.05) is 43.3 Å². The Bertz CT molecular complexity index is 1910. The molecule has 0 saturated carbocycles. The zero-order valence-electron chi connectivity index (χ0n) is 28.6. The van der Waals surface area contributed by atoms with Crippen molar-refractivity contribution in [2.45, 2.75) is 26.5 Å². The molecule has 0 unspecified atom stereocenters. The number of carbonyl (C=O) groups is 1. The van der Waals surface area contributed by atoms with Gasteiger partial charge in [-0.1, -0.05) is 59.6 Å². The van der Waals surface area contributed by atoms with Crippen LogP contribution in [0.3, 0.4) is 0 Å². The number of halogens is 4. The van der Waals surface area contributed by atoms with Crippen LogP contribution >= 0.6 is 35.6 Å². The third-order valence-corrected chi connectivity index (χ3v) is 9.13. The van der Waals surface area contributed by atoms with E-state index in [0.29, 0.717) is 46.4 Å². The molecule has 270 valence electrons. The van der Waals surface area contributed by atoms with E-state index in [0.717, 1.165) is 67.8 Å². The lowest BCUT2D eigenvalue weighted by Gasteiger charge is -2.37. The van der Waals surface area contributed by atoms with Crippen LogP contribution in [-0.2, 0) is 24.4 Å². The molecule has 1 aliphatic rings. The Hall–Kier alpha value is -4.60. The average Bonchev–Trinajstić information content (AvgIpc) is 3.14. The van der Waals surface area contributed by atoms with Crippen molar-refractivity contribution in [2.24, 2.45) is 0 Å². The molecule has 0 radical (unpaired) electrons. The van der Waals surface area contributed by atoms with Crippen LogP contribution in [0, 0.1) is 12.7 Å². The van der Waals surface area contributed by atoms with Crippen LogP contribution in [-0.4, -0.2) is 53.9 Å². The molecule has 0 N–H and O–H groups in total. The molecule has 1 fully saturated rings. The van der Waals surface area contributed by atoms with Crippen LogP contribution in [0.4, 0.5) is 4.39 Å². The summed E-state index contributed by atoms with van der Waals surface area (Å²) in [7, 11) is 0. The van der Waals surface area contributed by atoms with Gasteiger partial charge in [-0.15, -0.1) is 12.4 Å². The fraction of sp³-hybridized carbons (Fsp3) is 0.220. The number of hydrogen-bond acceptors (Lipinski definition) is 7. The third kappa shape index (κ3) is 10.7. The van der Waals surface area contributed by atoms with Gasteiger partial charge in [-0.05, 0) is 89.3 Å². The van der Waals surface area contributed by atoms with Crippen LogP contribution in [0.15, 0.2) is 109 Å². The van der Waals surface area contributed by atoms with E-state index in [9.17, 15) is 9.18 Å². The topological polar surface area (TPSA) is 64.1 Å². The first-order chi connectivity index (χ1) is 24.8. The number of aromatic nitrogens is 1. The molecule has 7 nitrogen and oxygen atoms in total. The first-order valence-electron chi connectivity index (χ1n) is 16.7. The number of rotatable bonds is 14. The predicted octanol–water partition coefficient (Wildman–Crippen LogP) is 9.61. The number of benzene rings is 4. The number of hydrogen-bond donors (Lipinski definition) is 0. The molecule has 0 atom stereocenters. The van der Waals surface area contributed by atoms with Gasteiger partial charge in [-0.3, -0.25) is 9.69 Å². The van der Waals surface area contributed by atoms with E-state index in [4.69, 9.17) is 37.4 Å². The number of piperazine rings is 1. The third-order valence-electron chi connectivity index (χ3n) is 8.60. The highest BCUT2D eigenvalue weighted by Gasteiger charge is 2.22. The molecule has 0 amide bonds. The minimum Gasteiger partial charge on any atom is -0.493 e. The Morgan fingerprint density at radius 1 is 0.827 bits per heavy atom. The van der Waals surface area contributed by atoms with Crippen molar-refractivity contribution >= 4 is 47.6 Å². The maximum Gasteiger partial charge on any atom is 0.219 e. The van der Waals surface area contributed by atoms with Crippen molar-refractivity contribution in [1.29, 1.82) is 0 Å². The second kappa shape index (κ2) is 18.8. The highest BCUT2D eigenvalue weighted by molar-refractivity contribution is 6.32. The smallest absolute Gasteiger partial charge is 0.219 e. The van der Waals surface area contributed by atoms with Crippen LogP contribution in [0.2, 0.25) is 10.0 Å². The molecule has 1 saturated heterocycles. The maximum absolute atomic E-state index is 13.1. The normalized spacial score (nSPS) is 13.3. The van der Waals surface area contributed by atoms with Crippen LogP contribution in [0.25, 0.3) is 5.70 Å². The Labute approximate surface area is 320 Å². The van der Waals surface area contributed by atoms with E-state index >= 15 is 0 Å². The summed E-state index contributed by atoms with van der Waals surface area (Å²) in [5, 5.41) is 1.11. The van der Waals surface area contributed by atoms with Crippen molar-refractivity contribution in [3.05, 3.63) is 153 Å². The van der Waals surface area contributed by atoms with Crippen molar-refractivity contribution in [3.63, 3.8) is 0 Å². The Balaban J connectivity index is 0.00000523. The number of aldehydes is 1. The SMILES string of the molecule is Cc1cc(/C(=C\C=O)N2CCN(Cc3ccc(CCOc4ccc(F)cc4)cc3)CC2)cc(Cl)c1Oc1ccc(OCc2ccc(Cl)cc2)cn1.Cl. The summed E-state index contributed by atoms with van der Waals surface area (Å²) in [6.45, 7) is 6.92. The Morgan fingerprint density at radius 2 is 1.50 bits per heavy atom. The fourth-order valence-electron chi connectivity index (χ4n) is 5.86. The number of pyridine rings is 1. The van der Waals surface area contributed by atoms with Crippen molar-refractivity contribution < 1.29 is 23.4 Å². The van der Waals surface area contributed by atoms with Crippen molar-refractivity contribution in [3.8, 4) is 23.1 Å². The maximum atomic E-state index is 13.1. The highest BCUT2D eigenvalue weighted by Crippen LogP contribution is 2.36. The molecule has 2 heterocycles. The van der Waals surface area contributed by atoms with Crippen molar-refractivity contribution in [1.82, 2.24) is 14.8 Å². The van der Waals surface area contributed by atoms with Crippen LogP contribution in [0.1, 0.15) is 27.8 Å². The Kier molecular flexibility index (Phi) is 13.9. The molecule has 5 aromatic rings. The van der Waals surface area contributed by atoms with E-state index in [2.05, 4.69) is 39.0 Å².